The highest BCUT2D eigenvalue weighted by Crippen LogP contribution is 2.37. The molecule has 0 aliphatic heterocycles. The van der Waals surface area contributed by atoms with Crippen LogP contribution in [0.1, 0.15) is 39.8 Å². The van der Waals surface area contributed by atoms with E-state index in [1.165, 1.54) is 0 Å². The van der Waals surface area contributed by atoms with Crippen LogP contribution < -0.4 is 0 Å². The number of aromatic hydroxyl groups is 1. The lowest BCUT2D eigenvalue weighted by Gasteiger charge is -2.23. The van der Waals surface area contributed by atoms with Gasteiger partial charge < -0.3 is 9.84 Å². The molecule has 5 rings (SSSR count). The van der Waals surface area contributed by atoms with Crippen molar-refractivity contribution < 1.29 is 14.6 Å². The quantitative estimate of drug-likeness (QED) is 0.517. The van der Waals surface area contributed by atoms with Gasteiger partial charge in [-0.3, -0.25) is 4.79 Å². The maximum Gasteiger partial charge on any atom is 0.185 e. The fraction of sp³-hybridized carbons (Fsp3) is 0.217. The van der Waals surface area contributed by atoms with E-state index in [1.807, 2.05) is 24.3 Å². The summed E-state index contributed by atoms with van der Waals surface area (Å²) in [6, 6.07) is 14.5. The van der Waals surface area contributed by atoms with Gasteiger partial charge in [0.1, 0.15) is 5.75 Å². The SMILES string of the molecule is COCc1nn2c3c(nnc2c1-c1ccc(Cl)cc1)C(=O)C[C@H](c1ccccc1O)C3. The van der Waals surface area contributed by atoms with Crippen LogP contribution in [0.3, 0.4) is 0 Å². The molecule has 2 aromatic carbocycles. The van der Waals surface area contributed by atoms with Gasteiger partial charge >= 0.3 is 0 Å². The molecule has 0 saturated heterocycles. The van der Waals surface area contributed by atoms with E-state index in [9.17, 15) is 9.90 Å². The molecule has 0 spiro atoms. The van der Waals surface area contributed by atoms with Crippen molar-refractivity contribution >= 4 is 23.0 Å². The van der Waals surface area contributed by atoms with Crippen LogP contribution in [-0.4, -0.2) is 37.8 Å². The number of carbonyl (C=O) groups excluding carboxylic acids is 1. The molecular formula is C23H19ClN4O3. The molecule has 0 bridgehead atoms. The van der Waals surface area contributed by atoms with Crippen LogP contribution in [0.2, 0.25) is 5.02 Å². The average molecular weight is 435 g/mol. The molecule has 1 atom stereocenters. The minimum absolute atomic E-state index is 0.110. The maximum atomic E-state index is 12.9. The Morgan fingerprint density at radius 2 is 1.90 bits per heavy atom. The lowest BCUT2D eigenvalue weighted by molar-refractivity contribution is 0.0955. The number of methoxy groups -OCH3 is 1. The molecule has 1 aliphatic carbocycles. The Hall–Kier alpha value is -3.29. The van der Waals surface area contributed by atoms with Crippen LogP contribution in [-0.2, 0) is 17.8 Å². The number of para-hydroxylation sites is 1. The standard InChI is InChI=1S/C23H19ClN4O3/c1-31-12-17-21(13-6-8-15(24)9-7-13)23-26-25-22-18(28(23)27-17)10-14(11-20(22)30)16-4-2-3-5-19(16)29/h2-9,14,29H,10-12H2,1H3/t14-/m1/s1. The zero-order valence-corrected chi connectivity index (χ0v) is 17.5. The van der Waals surface area contributed by atoms with Crippen LogP contribution in [0, 0.1) is 0 Å². The van der Waals surface area contributed by atoms with Crippen LogP contribution in [0.4, 0.5) is 0 Å². The molecule has 2 aromatic heterocycles. The smallest absolute Gasteiger partial charge is 0.185 e. The molecule has 0 saturated carbocycles. The van der Waals surface area contributed by atoms with Crippen molar-refractivity contribution in [2.24, 2.45) is 0 Å². The molecule has 7 nitrogen and oxygen atoms in total. The molecule has 31 heavy (non-hydrogen) atoms. The van der Waals surface area contributed by atoms with Gasteiger partial charge in [0.15, 0.2) is 17.1 Å². The Labute approximate surface area is 183 Å². The Kier molecular flexibility index (Phi) is 4.92. The van der Waals surface area contributed by atoms with Gasteiger partial charge in [0.05, 0.1) is 23.6 Å². The summed E-state index contributed by atoms with van der Waals surface area (Å²) in [4.78, 5) is 12.9. The Morgan fingerprint density at radius 1 is 1.13 bits per heavy atom. The number of phenolic OH excluding ortho intramolecular Hbond substituents is 1. The van der Waals surface area contributed by atoms with Gasteiger partial charge in [0.25, 0.3) is 0 Å². The molecule has 8 heteroatoms. The Bertz CT molecular complexity index is 1300. The lowest BCUT2D eigenvalue weighted by atomic mass is 9.83. The number of rotatable bonds is 4. The number of aromatic nitrogens is 4. The first kappa shape index (κ1) is 19.7. The lowest BCUT2D eigenvalue weighted by Crippen LogP contribution is -2.24. The van der Waals surface area contributed by atoms with E-state index in [-0.39, 0.29) is 30.5 Å². The van der Waals surface area contributed by atoms with Gasteiger partial charge in [-0.1, -0.05) is 41.9 Å². The van der Waals surface area contributed by atoms with E-state index in [1.54, 1.807) is 35.9 Å². The highest BCUT2D eigenvalue weighted by atomic mass is 35.5. The molecule has 0 unspecified atom stereocenters. The van der Waals surface area contributed by atoms with Gasteiger partial charge in [-0.15, -0.1) is 10.2 Å². The van der Waals surface area contributed by atoms with Crippen LogP contribution >= 0.6 is 11.6 Å². The number of ether oxygens (including phenoxy) is 1. The molecule has 1 N–H and O–H groups in total. The average Bonchev–Trinajstić information content (AvgIpc) is 3.13. The van der Waals surface area contributed by atoms with Crippen molar-refractivity contribution in [1.29, 1.82) is 0 Å². The number of Topliss-reactive ketones (excluding diaryl/α,β-unsaturated/α-hetero) is 1. The largest absolute Gasteiger partial charge is 0.508 e. The summed E-state index contributed by atoms with van der Waals surface area (Å²) in [5.74, 6) is -0.0900. The highest BCUT2D eigenvalue weighted by molar-refractivity contribution is 6.30. The molecule has 2 heterocycles. The molecule has 4 aromatic rings. The van der Waals surface area contributed by atoms with Crippen LogP contribution in [0.25, 0.3) is 16.8 Å². The number of hydrogen-bond acceptors (Lipinski definition) is 6. The van der Waals surface area contributed by atoms with Gasteiger partial charge in [0, 0.05) is 24.5 Å². The summed E-state index contributed by atoms with van der Waals surface area (Å²) in [5, 5.41) is 24.3. The predicted octanol–water partition coefficient (Wildman–Crippen LogP) is 4.21. The van der Waals surface area contributed by atoms with E-state index < -0.39 is 0 Å². The maximum absolute atomic E-state index is 12.9. The van der Waals surface area contributed by atoms with Crippen molar-refractivity contribution in [1.82, 2.24) is 19.8 Å². The topological polar surface area (TPSA) is 89.6 Å². The number of hydrogen-bond donors (Lipinski definition) is 1. The number of fused-ring (bicyclic) bond motifs is 3. The zero-order chi connectivity index (χ0) is 21.5. The van der Waals surface area contributed by atoms with Gasteiger partial charge in [-0.05, 0) is 35.7 Å². The van der Waals surface area contributed by atoms with Crippen molar-refractivity contribution in [3.05, 3.63) is 76.2 Å². The monoisotopic (exact) mass is 434 g/mol. The van der Waals surface area contributed by atoms with E-state index in [0.717, 1.165) is 16.7 Å². The normalized spacial score (nSPS) is 15.9. The third kappa shape index (κ3) is 3.36. The Balaban J connectivity index is 1.69. The van der Waals surface area contributed by atoms with Crippen molar-refractivity contribution in [2.75, 3.05) is 7.11 Å². The summed E-state index contributed by atoms with van der Waals surface area (Å²) < 4.78 is 7.06. The van der Waals surface area contributed by atoms with Crippen LogP contribution in [0.15, 0.2) is 48.5 Å². The van der Waals surface area contributed by atoms with Gasteiger partial charge in [-0.2, -0.15) is 5.10 Å². The predicted molar refractivity (Wildman–Crippen MR) is 115 cm³/mol. The molecule has 0 fully saturated rings. The molecule has 156 valence electrons. The third-order valence-corrected chi connectivity index (χ3v) is 5.89. The van der Waals surface area contributed by atoms with Crippen molar-refractivity contribution in [3.63, 3.8) is 0 Å². The summed E-state index contributed by atoms with van der Waals surface area (Å²) >= 11 is 6.06. The van der Waals surface area contributed by atoms with Gasteiger partial charge in [-0.25, -0.2) is 4.52 Å². The van der Waals surface area contributed by atoms with Gasteiger partial charge in [0.2, 0.25) is 0 Å². The fourth-order valence-electron chi connectivity index (χ4n) is 4.22. The summed E-state index contributed by atoms with van der Waals surface area (Å²) in [5.41, 5.74) is 4.70. The summed E-state index contributed by atoms with van der Waals surface area (Å²) in [6.07, 6.45) is 0.778. The van der Waals surface area contributed by atoms with Crippen LogP contribution in [0.5, 0.6) is 5.75 Å². The van der Waals surface area contributed by atoms with E-state index in [4.69, 9.17) is 21.4 Å². The number of carbonyl (C=O) groups is 1. The third-order valence-electron chi connectivity index (χ3n) is 5.63. The zero-order valence-electron chi connectivity index (χ0n) is 16.7. The number of ketones is 1. The van der Waals surface area contributed by atoms with E-state index in [2.05, 4.69) is 10.2 Å². The first-order valence-electron chi connectivity index (χ1n) is 9.90. The minimum atomic E-state index is -0.164. The number of phenols is 1. The molecular weight excluding hydrogens is 416 g/mol. The summed E-state index contributed by atoms with van der Waals surface area (Å²) in [7, 11) is 1.61. The second kappa shape index (κ2) is 7.76. The fourth-order valence-corrected chi connectivity index (χ4v) is 4.34. The number of benzene rings is 2. The van der Waals surface area contributed by atoms with Crippen molar-refractivity contribution in [2.45, 2.75) is 25.4 Å². The van der Waals surface area contributed by atoms with Crippen molar-refractivity contribution in [3.8, 4) is 16.9 Å². The Morgan fingerprint density at radius 3 is 2.65 bits per heavy atom. The number of halogens is 1. The minimum Gasteiger partial charge on any atom is -0.508 e. The second-order valence-corrected chi connectivity index (χ2v) is 8.02. The second-order valence-electron chi connectivity index (χ2n) is 7.58. The number of nitrogens with zero attached hydrogens (tertiary/aromatic N) is 4. The molecule has 0 radical (unpaired) electrons. The van der Waals surface area contributed by atoms with E-state index >= 15 is 0 Å². The summed E-state index contributed by atoms with van der Waals surface area (Å²) in [6.45, 7) is 0.285. The molecule has 0 amide bonds. The van der Waals surface area contributed by atoms with E-state index in [0.29, 0.717) is 34.2 Å². The molecule has 1 aliphatic rings. The first-order valence-corrected chi connectivity index (χ1v) is 10.3. The highest BCUT2D eigenvalue weighted by Gasteiger charge is 2.32. The first-order chi connectivity index (χ1) is 15.1.